The van der Waals surface area contributed by atoms with Crippen molar-refractivity contribution in [2.45, 2.75) is 26.4 Å². The molecule has 0 saturated heterocycles. The third-order valence-electron chi connectivity index (χ3n) is 4.85. The first kappa shape index (κ1) is 25.8. The largest absolute Gasteiger partial charge is 0.355 e. The van der Waals surface area contributed by atoms with E-state index >= 15 is 0 Å². The Morgan fingerprint density at radius 2 is 1.62 bits per heavy atom. The van der Waals surface area contributed by atoms with Crippen molar-refractivity contribution in [3.8, 4) is 0 Å². The van der Waals surface area contributed by atoms with Gasteiger partial charge in [-0.15, -0.1) is 0 Å². The van der Waals surface area contributed by atoms with Crippen molar-refractivity contribution < 1.29 is 18.0 Å². The monoisotopic (exact) mass is 524 g/mol. The van der Waals surface area contributed by atoms with Crippen molar-refractivity contribution in [3.63, 3.8) is 0 Å². The van der Waals surface area contributed by atoms with E-state index in [9.17, 15) is 18.0 Å². The minimum atomic E-state index is -3.94. The number of rotatable bonds is 10. The fourth-order valence-corrected chi connectivity index (χ4v) is 4.32. The summed E-state index contributed by atoms with van der Waals surface area (Å²) in [6.07, 6.45) is 0. The Balaban J connectivity index is 2.40. The maximum atomic E-state index is 13.4. The summed E-state index contributed by atoms with van der Waals surface area (Å²) >= 11 is 3.38. The second-order valence-corrected chi connectivity index (χ2v) is 10.3. The molecule has 0 fully saturated rings. The Morgan fingerprint density at radius 1 is 1.03 bits per heavy atom. The molecule has 0 aliphatic carbocycles. The number of nitrogens with one attached hydrogen (secondary N) is 1. The van der Waals surface area contributed by atoms with Crippen LogP contribution in [0.25, 0.3) is 0 Å². The number of carbonyl (C=O) groups excluding carboxylic acids is 2. The van der Waals surface area contributed by atoms with Gasteiger partial charge in [-0.05, 0) is 43.7 Å². The van der Waals surface area contributed by atoms with Crippen LogP contribution in [-0.4, -0.2) is 62.7 Å². The number of benzene rings is 2. The number of amides is 2. The summed E-state index contributed by atoms with van der Waals surface area (Å²) in [5, 5.41) is 2.73. The van der Waals surface area contributed by atoms with Crippen molar-refractivity contribution in [2.24, 2.45) is 0 Å². The molecule has 2 aromatic rings. The highest BCUT2D eigenvalue weighted by atomic mass is 79.9. The van der Waals surface area contributed by atoms with E-state index in [1.807, 2.05) is 24.3 Å². The lowest BCUT2D eigenvalue weighted by Crippen LogP contribution is -2.52. The fraction of sp³-hybridized carbons (Fsp3) is 0.364. The van der Waals surface area contributed by atoms with E-state index < -0.39 is 28.7 Å². The number of hydrogen-bond acceptors (Lipinski definition) is 4. The number of para-hydroxylation sites is 1. The Morgan fingerprint density at radius 3 is 2.16 bits per heavy atom. The molecule has 0 heterocycles. The molecule has 0 radical (unpaired) electrons. The van der Waals surface area contributed by atoms with Gasteiger partial charge < -0.3 is 10.2 Å². The lowest BCUT2D eigenvalue weighted by atomic mass is 10.1. The van der Waals surface area contributed by atoms with Crippen LogP contribution in [0.2, 0.25) is 0 Å². The molecule has 0 unspecified atom stereocenters. The van der Waals surface area contributed by atoms with E-state index in [1.165, 1.54) is 19.0 Å². The van der Waals surface area contributed by atoms with Gasteiger partial charge in [0.05, 0.1) is 5.69 Å². The summed E-state index contributed by atoms with van der Waals surface area (Å²) in [7, 11) is -1.12. The lowest BCUT2D eigenvalue weighted by Gasteiger charge is -2.32. The third kappa shape index (κ3) is 6.54. The average Bonchev–Trinajstić information content (AvgIpc) is 2.77. The minimum absolute atomic E-state index is 0.162. The van der Waals surface area contributed by atoms with Crippen molar-refractivity contribution in [2.75, 3.05) is 31.5 Å². The highest BCUT2D eigenvalue weighted by Crippen LogP contribution is 2.21. The van der Waals surface area contributed by atoms with Crippen LogP contribution in [-0.2, 0) is 26.3 Å². The third-order valence-corrected chi connectivity index (χ3v) is 7.20. The second kappa shape index (κ2) is 11.4. The van der Waals surface area contributed by atoms with Gasteiger partial charge in [-0.2, -0.15) is 12.7 Å². The van der Waals surface area contributed by atoms with Crippen LogP contribution >= 0.6 is 15.9 Å². The van der Waals surface area contributed by atoms with Crippen LogP contribution in [0.1, 0.15) is 19.4 Å². The smallest absolute Gasteiger partial charge is 0.304 e. The zero-order valence-electron chi connectivity index (χ0n) is 18.7. The van der Waals surface area contributed by atoms with Gasteiger partial charge in [0.1, 0.15) is 12.6 Å². The quantitative estimate of drug-likeness (QED) is 0.517. The summed E-state index contributed by atoms with van der Waals surface area (Å²) in [5.74, 6) is -0.791. The molecule has 32 heavy (non-hydrogen) atoms. The van der Waals surface area contributed by atoms with Gasteiger partial charge in [0.15, 0.2) is 0 Å². The summed E-state index contributed by atoms with van der Waals surface area (Å²) in [6.45, 7) is 3.58. The molecule has 0 aromatic heterocycles. The summed E-state index contributed by atoms with van der Waals surface area (Å²) in [6, 6.07) is 15.0. The Kier molecular flexibility index (Phi) is 9.23. The van der Waals surface area contributed by atoms with Gasteiger partial charge >= 0.3 is 10.2 Å². The Hall–Kier alpha value is -2.43. The Bertz CT molecular complexity index is 1010. The molecule has 0 aliphatic rings. The molecule has 8 nitrogen and oxygen atoms in total. The van der Waals surface area contributed by atoms with Crippen LogP contribution in [0, 0.1) is 0 Å². The maximum Gasteiger partial charge on any atom is 0.304 e. The first-order valence-electron chi connectivity index (χ1n) is 10.1. The molecule has 0 spiro atoms. The average molecular weight is 525 g/mol. The molecule has 2 amide bonds. The SMILES string of the molecule is CCNC(=O)[C@H](C)N(Cc1ccc(Br)cc1)C(=O)CN(c1ccccc1)S(=O)(=O)N(C)C. The van der Waals surface area contributed by atoms with E-state index in [0.29, 0.717) is 12.2 Å². The molecular weight excluding hydrogens is 496 g/mol. The van der Waals surface area contributed by atoms with Crippen molar-refractivity contribution in [1.29, 1.82) is 0 Å². The standard InChI is InChI=1S/C22H29BrN4O4S/c1-5-24-22(29)17(2)26(15-18-11-13-19(23)14-12-18)21(28)16-27(32(30,31)25(3)4)20-9-7-6-8-10-20/h6-14,17H,5,15-16H2,1-4H3,(H,24,29)/t17-/m0/s1. The number of nitrogens with zero attached hydrogens (tertiary/aromatic N) is 3. The highest BCUT2D eigenvalue weighted by Gasteiger charge is 2.32. The zero-order valence-corrected chi connectivity index (χ0v) is 21.1. The lowest BCUT2D eigenvalue weighted by molar-refractivity contribution is -0.139. The minimum Gasteiger partial charge on any atom is -0.355 e. The highest BCUT2D eigenvalue weighted by molar-refractivity contribution is 9.10. The van der Waals surface area contributed by atoms with E-state index in [2.05, 4.69) is 21.2 Å². The van der Waals surface area contributed by atoms with E-state index in [0.717, 1.165) is 18.6 Å². The van der Waals surface area contributed by atoms with Gasteiger partial charge in [0.2, 0.25) is 11.8 Å². The van der Waals surface area contributed by atoms with Crippen molar-refractivity contribution in [3.05, 3.63) is 64.6 Å². The molecule has 0 saturated carbocycles. The fourth-order valence-electron chi connectivity index (χ4n) is 3.00. The van der Waals surface area contributed by atoms with E-state index in [-0.39, 0.29) is 12.5 Å². The number of halogens is 1. The van der Waals surface area contributed by atoms with Crippen LogP contribution < -0.4 is 9.62 Å². The number of carbonyl (C=O) groups is 2. The number of anilines is 1. The van der Waals surface area contributed by atoms with Crippen molar-refractivity contribution in [1.82, 2.24) is 14.5 Å². The first-order valence-corrected chi connectivity index (χ1v) is 12.3. The molecule has 1 atom stereocenters. The Labute approximate surface area is 198 Å². The topological polar surface area (TPSA) is 90.0 Å². The van der Waals surface area contributed by atoms with Crippen LogP contribution in [0.15, 0.2) is 59.1 Å². The predicted molar refractivity (Wildman–Crippen MR) is 129 cm³/mol. The van der Waals surface area contributed by atoms with E-state index in [1.54, 1.807) is 44.2 Å². The molecule has 1 N–H and O–H groups in total. The van der Waals surface area contributed by atoms with Gasteiger partial charge in [0.25, 0.3) is 0 Å². The summed E-state index contributed by atoms with van der Waals surface area (Å²) < 4.78 is 29.0. The van der Waals surface area contributed by atoms with Crippen LogP contribution in [0.4, 0.5) is 5.69 Å². The molecule has 0 aliphatic heterocycles. The predicted octanol–water partition coefficient (Wildman–Crippen LogP) is 2.62. The maximum absolute atomic E-state index is 13.4. The molecule has 10 heteroatoms. The summed E-state index contributed by atoms with van der Waals surface area (Å²) in [5.41, 5.74) is 1.18. The molecular formula is C22H29BrN4O4S. The molecule has 2 aromatic carbocycles. The van der Waals surface area contributed by atoms with Crippen LogP contribution in [0.5, 0.6) is 0 Å². The van der Waals surface area contributed by atoms with E-state index in [4.69, 9.17) is 0 Å². The first-order chi connectivity index (χ1) is 15.1. The van der Waals surface area contributed by atoms with Gasteiger partial charge in [-0.3, -0.25) is 9.59 Å². The molecule has 2 rings (SSSR count). The normalized spacial score (nSPS) is 12.3. The summed E-state index contributed by atoms with van der Waals surface area (Å²) in [4.78, 5) is 27.4. The number of hydrogen-bond donors (Lipinski definition) is 1. The molecule has 174 valence electrons. The van der Waals surface area contributed by atoms with Crippen molar-refractivity contribution >= 4 is 43.6 Å². The molecule has 0 bridgehead atoms. The van der Waals surface area contributed by atoms with Crippen LogP contribution in [0.3, 0.4) is 0 Å². The van der Waals surface area contributed by atoms with Gasteiger partial charge in [-0.1, -0.05) is 46.3 Å². The van der Waals surface area contributed by atoms with Gasteiger partial charge in [-0.25, -0.2) is 4.31 Å². The van der Waals surface area contributed by atoms with Gasteiger partial charge in [0, 0.05) is 31.7 Å². The number of likely N-dealkylation sites (N-methyl/N-ethyl adjacent to an activating group) is 1. The second-order valence-electron chi connectivity index (χ2n) is 7.35. The zero-order chi connectivity index (χ0) is 23.9.